The third-order valence-corrected chi connectivity index (χ3v) is 3.66. The van der Waals surface area contributed by atoms with Gasteiger partial charge in [0.2, 0.25) is 0 Å². The van der Waals surface area contributed by atoms with E-state index in [9.17, 15) is 0 Å². The molecule has 96 valence electrons. The van der Waals surface area contributed by atoms with Gasteiger partial charge >= 0.3 is 0 Å². The van der Waals surface area contributed by atoms with Gasteiger partial charge in [-0.05, 0) is 57.0 Å². The first-order valence-corrected chi connectivity index (χ1v) is 6.50. The zero-order chi connectivity index (χ0) is 13.0. The highest BCUT2D eigenvalue weighted by Gasteiger charge is 2.22. The Morgan fingerprint density at radius 1 is 1.18 bits per heavy atom. The first-order chi connectivity index (χ1) is 8.04. The third-order valence-electron chi connectivity index (χ3n) is 3.66. The second kappa shape index (κ2) is 6.18. The summed E-state index contributed by atoms with van der Waals surface area (Å²) in [5.74, 6) is 0.500. The molecule has 1 aromatic rings. The summed E-state index contributed by atoms with van der Waals surface area (Å²) in [6.45, 7) is 9.49. The molecule has 0 saturated carbocycles. The fourth-order valence-corrected chi connectivity index (χ4v) is 2.84. The molecular formula is C15H26N2. The predicted molar refractivity (Wildman–Crippen MR) is 75.3 cm³/mol. The molecule has 0 heterocycles. The molecule has 0 radical (unpaired) electrons. The second-order valence-corrected chi connectivity index (χ2v) is 4.98. The van der Waals surface area contributed by atoms with Crippen molar-refractivity contribution >= 4 is 0 Å². The Kier molecular flexibility index (Phi) is 5.16. The average molecular weight is 234 g/mol. The number of nitrogens with one attached hydrogen (secondary N) is 1. The fraction of sp³-hybridized carbons (Fsp3) is 0.600. The fourth-order valence-electron chi connectivity index (χ4n) is 2.84. The molecule has 2 atom stereocenters. The Bertz CT molecular complexity index is 344. The Morgan fingerprint density at radius 3 is 2.06 bits per heavy atom. The molecule has 2 heteroatoms. The summed E-state index contributed by atoms with van der Waals surface area (Å²) >= 11 is 0. The molecule has 0 spiro atoms. The summed E-state index contributed by atoms with van der Waals surface area (Å²) in [4.78, 5) is 0. The van der Waals surface area contributed by atoms with Crippen molar-refractivity contribution in [3.8, 4) is 0 Å². The first-order valence-electron chi connectivity index (χ1n) is 6.50. The van der Waals surface area contributed by atoms with Crippen LogP contribution < -0.4 is 11.1 Å². The Balaban J connectivity index is 3.20. The molecule has 0 aliphatic carbocycles. The van der Waals surface area contributed by atoms with Gasteiger partial charge in [0.05, 0.1) is 0 Å². The lowest BCUT2D eigenvalue weighted by atomic mass is 9.85. The van der Waals surface area contributed by atoms with Crippen molar-refractivity contribution in [1.29, 1.82) is 0 Å². The highest BCUT2D eigenvalue weighted by molar-refractivity contribution is 5.40. The van der Waals surface area contributed by atoms with Gasteiger partial charge in [-0.25, -0.2) is 0 Å². The predicted octanol–water partition coefficient (Wildman–Crippen LogP) is 2.86. The number of nitrogens with two attached hydrogens (primary N) is 1. The minimum absolute atomic E-state index is 0.366. The van der Waals surface area contributed by atoms with Gasteiger partial charge < -0.3 is 11.1 Å². The number of hydrogen-bond acceptors (Lipinski definition) is 2. The van der Waals surface area contributed by atoms with E-state index in [2.05, 4.69) is 45.1 Å². The zero-order valence-corrected chi connectivity index (χ0v) is 11.8. The molecule has 0 aliphatic rings. The van der Waals surface area contributed by atoms with E-state index in [-0.39, 0.29) is 0 Å². The van der Waals surface area contributed by atoms with Crippen LogP contribution in [0.25, 0.3) is 0 Å². The van der Waals surface area contributed by atoms with Gasteiger partial charge in [-0.3, -0.25) is 0 Å². The molecule has 0 saturated heterocycles. The molecule has 2 unspecified atom stereocenters. The largest absolute Gasteiger partial charge is 0.330 e. The van der Waals surface area contributed by atoms with E-state index in [0.717, 1.165) is 13.0 Å². The third kappa shape index (κ3) is 3.08. The molecule has 3 N–H and O–H groups in total. The van der Waals surface area contributed by atoms with Crippen LogP contribution >= 0.6 is 0 Å². The molecule has 0 bridgehead atoms. The van der Waals surface area contributed by atoms with Crippen LogP contribution in [0.4, 0.5) is 0 Å². The van der Waals surface area contributed by atoms with Crippen LogP contribution in [0.15, 0.2) is 12.1 Å². The average Bonchev–Trinajstić information content (AvgIpc) is 2.27. The summed E-state index contributed by atoms with van der Waals surface area (Å²) in [6, 6.07) is 4.89. The van der Waals surface area contributed by atoms with Crippen LogP contribution in [-0.4, -0.2) is 13.6 Å². The molecule has 0 amide bonds. The van der Waals surface area contributed by atoms with Crippen molar-refractivity contribution in [3.05, 3.63) is 34.4 Å². The number of rotatable bonds is 5. The van der Waals surface area contributed by atoms with Gasteiger partial charge in [-0.15, -0.1) is 0 Å². The van der Waals surface area contributed by atoms with Crippen LogP contribution in [0.5, 0.6) is 0 Å². The number of hydrogen-bond donors (Lipinski definition) is 2. The van der Waals surface area contributed by atoms with E-state index in [1.54, 1.807) is 0 Å². The van der Waals surface area contributed by atoms with E-state index < -0.39 is 0 Å². The smallest absolute Gasteiger partial charge is 0.0363 e. The quantitative estimate of drug-likeness (QED) is 0.822. The molecule has 2 nitrogen and oxygen atoms in total. The highest BCUT2D eigenvalue weighted by atomic mass is 14.9. The first kappa shape index (κ1) is 14.2. The summed E-state index contributed by atoms with van der Waals surface area (Å²) in [6.07, 6.45) is 1.11. The van der Waals surface area contributed by atoms with Gasteiger partial charge in [0, 0.05) is 6.04 Å². The molecule has 0 fully saturated rings. The van der Waals surface area contributed by atoms with Gasteiger partial charge in [-0.1, -0.05) is 31.0 Å². The lowest BCUT2D eigenvalue weighted by Crippen LogP contribution is -2.31. The zero-order valence-electron chi connectivity index (χ0n) is 11.8. The molecule has 17 heavy (non-hydrogen) atoms. The summed E-state index contributed by atoms with van der Waals surface area (Å²) < 4.78 is 0. The summed E-state index contributed by atoms with van der Waals surface area (Å²) in [7, 11) is 2.03. The maximum Gasteiger partial charge on any atom is 0.0363 e. The topological polar surface area (TPSA) is 38.0 Å². The van der Waals surface area contributed by atoms with Gasteiger partial charge in [0.15, 0.2) is 0 Å². The van der Waals surface area contributed by atoms with Gasteiger partial charge in [-0.2, -0.15) is 0 Å². The maximum absolute atomic E-state index is 5.89. The van der Waals surface area contributed by atoms with E-state index in [1.807, 2.05) is 7.05 Å². The Labute approximate surface area is 106 Å². The van der Waals surface area contributed by atoms with E-state index in [4.69, 9.17) is 5.73 Å². The van der Waals surface area contributed by atoms with Crippen LogP contribution in [0.3, 0.4) is 0 Å². The SMILES string of the molecule is CCC(CN)C(NC)c1c(C)cc(C)cc1C. The standard InChI is InChI=1S/C15H26N2/c1-6-13(9-16)15(17-5)14-11(3)7-10(2)8-12(14)4/h7-8,13,15,17H,6,9,16H2,1-5H3. The van der Waals surface area contributed by atoms with Crippen molar-refractivity contribution < 1.29 is 0 Å². The van der Waals surface area contributed by atoms with Crippen molar-refractivity contribution in [2.24, 2.45) is 11.7 Å². The van der Waals surface area contributed by atoms with Crippen LogP contribution in [0.2, 0.25) is 0 Å². The minimum Gasteiger partial charge on any atom is -0.330 e. The van der Waals surface area contributed by atoms with Crippen molar-refractivity contribution in [2.45, 2.75) is 40.2 Å². The molecular weight excluding hydrogens is 208 g/mol. The van der Waals surface area contributed by atoms with E-state index in [1.165, 1.54) is 22.3 Å². The lowest BCUT2D eigenvalue weighted by molar-refractivity contribution is 0.376. The Hall–Kier alpha value is -0.860. The van der Waals surface area contributed by atoms with Crippen molar-refractivity contribution in [2.75, 3.05) is 13.6 Å². The molecule has 1 aromatic carbocycles. The second-order valence-electron chi connectivity index (χ2n) is 4.98. The van der Waals surface area contributed by atoms with Crippen LogP contribution in [0.1, 0.15) is 41.6 Å². The van der Waals surface area contributed by atoms with Crippen molar-refractivity contribution in [1.82, 2.24) is 5.32 Å². The molecule has 0 aromatic heterocycles. The Morgan fingerprint density at radius 2 is 1.71 bits per heavy atom. The van der Waals surface area contributed by atoms with E-state index in [0.29, 0.717) is 12.0 Å². The lowest BCUT2D eigenvalue weighted by Gasteiger charge is -2.28. The monoisotopic (exact) mass is 234 g/mol. The summed E-state index contributed by atoms with van der Waals surface area (Å²) in [5.41, 5.74) is 11.4. The number of aryl methyl sites for hydroxylation is 3. The summed E-state index contributed by atoms with van der Waals surface area (Å²) in [5, 5.41) is 3.44. The molecule has 0 aliphatic heterocycles. The van der Waals surface area contributed by atoms with Gasteiger partial charge in [0.25, 0.3) is 0 Å². The molecule has 1 rings (SSSR count). The van der Waals surface area contributed by atoms with Crippen LogP contribution in [0, 0.1) is 26.7 Å². The van der Waals surface area contributed by atoms with E-state index >= 15 is 0 Å². The van der Waals surface area contributed by atoms with Crippen LogP contribution in [-0.2, 0) is 0 Å². The van der Waals surface area contributed by atoms with Gasteiger partial charge in [0.1, 0.15) is 0 Å². The van der Waals surface area contributed by atoms with Crippen molar-refractivity contribution in [3.63, 3.8) is 0 Å². The maximum atomic E-state index is 5.89. The normalized spacial score (nSPS) is 14.7. The highest BCUT2D eigenvalue weighted by Crippen LogP contribution is 2.29. The minimum atomic E-state index is 0.366. The number of benzene rings is 1.